The van der Waals surface area contributed by atoms with Gasteiger partial charge in [-0.15, -0.1) is 11.8 Å². The molecule has 1 fully saturated rings. The van der Waals surface area contributed by atoms with E-state index < -0.39 is 0 Å². The van der Waals surface area contributed by atoms with E-state index in [4.69, 9.17) is 0 Å². The molecule has 1 aromatic carbocycles. The zero-order chi connectivity index (χ0) is 18.7. The summed E-state index contributed by atoms with van der Waals surface area (Å²) in [4.78, 5) is 38.6. The van der Waals surface area contributed by atoms with Crippen LogP contribution in [0.3, 0.4) is 0 Å². The number of nitrogens with zero attached hydrogens (tertiary/aromatic N) is 1. The van der Waals surface area contributed by atoms with Gasteiger partial charge < -0.3 is 5.32 Å². The highest BCUT2D eigenvalue weighted by molar-refractivity contribution is 8.02. The van der Waals surface area contributed by atoms with Gasteiger partial charge >= 0.3 is 0 Å². The highest BCUT2D eigenvalue weighted by Gasteiger charge is 2.40. The molecule has 0 spiro atoms. The molecule has 1 aliphatic heterocycles. The molecule has 2 rings (SSSR count). The number of rotatable bonds is 5. The molecule has 0 bridgehead atoms. The number of aryl methyl sites for hydroxylation is 3. The number of imide groups is 1. The van der Waals surface area contributed by atoms with Crippen molar-refractivity contribution in [1.82, 2.24) is 4.90 Å². The van der Waals surface area contributed by atoms with Gasteiger partial charge in [-0.1, -0.05) is 31.5 Å². The lowest BCUT2D eigenvalue weighted by molar-refractivity contribution is -0.147. The molecule has 1 aliphatic rings. The molecular weight excluding hydrogens is 336 g/mol. The Kier molecular flexibility index (Phi) is 6.27. The Morgan fingerprint density at radius 3 is 1.96 bits per heavy atom. The minimum Gasteiger partial charge on any atom is -0.324 e. The summed E-state index contributed by atoms with van der Waals surface area (Å²) in [7, 11) is 0. The number of thioether (sulfide) groups is 1. The number of hydrogen-bond acceptors (Lipinski definition) is 4. The van der Waals surface area contributed by atoms with E-state index in [1.807, 2.05) is 46.8 Å². The maximum absolute atomic E-state index is 12.5. The summed E-state index contributed by atoms with van der Waals surface area (Å²) in [6.45, 7) is 9.50. The van der Waals surface area contributed by atoms with Crippen molar-refractivity contribution in [3.63, 3.8) is 0 Å². The molecule has 0 radical (unpaired) electrons. The van der Waals surface area contributed by atoms with Crippen molar-refractivity contribution < 1.29 is 14.4 Å². The van der Waals surface area contributed by atoms with Gasteiger partial charge in [0.25, 0.3) is 0 Å². The summed E-state index contributed by atoms with van der Waals surface area (Å²) in [6.07, 6.45) is 1.31. The Labute approximate surface area is 153 Å². The normalized spacial score (nSPS) is 20.8. The molecule has 2 unspecified atom stereocenters. The van der Waals surface area contributed by atoms with Crippen LogP contribution < -0.4 is 5.32 Å². The minimum absolute atomic E-state index is 0.224. The van der Waals surface area contributed by atoms with E-state index in [2.05, 4.69) is 5.32 Å². The van der Waals surface area contributed by atoms with Crippen LogP contribution in [-0.4, -0.2) is 39.7 Å². The van der Waals surface area contributed by atoms with Crippen LogP contribution in [0.25, 0.3) is 0 Å². The molecule has 25 heavy (non-hydrogen) atoms. The zero-order valence-corrected chi connectivity index (χ0v) is 16.3. The van der Waals surface area contributed by atoms with Crippen LogP contribution in [0.2, 0.25) is 0 Å². The summed E-state index contributed by atoms with van der Waals surface area (Å²) in [6, 6.07) is 3.99. The quantitative estimate of drug-likeness (QED) is 0.817. The lowest BCUT2D eigenvalue weighted by atomic mass is 10.1. The van der Waals surface area contributed by atoms with E-state index in [0.29, 0.717) is 12.8 Å². The van der Waals surface area contributed by atoms with E-state index in [9.17, 15) is 14.4 Å². The van der Waals surface area contributed by atoms with Crippen molar-refractivity contribution in [2.75, 3.05) is 11.9 Å². The second-order valence-electron chi connectivity index (χ2n) is 6.51. The first-order valence-electron chi connectivity index (χ1n) is 8.66. The fourth-order valence-electron chi connectivity index (χ4n) is 3.17. The van der Waals surface area contributed by atoms with Crippen LogP contribution in [0.5, 0.6) is 0 Å². The number of carbonyl (C=O) groups is 3. The lowest BCUT2D eigenvalue weighted by Crippen LogP contribution is -2.53. The fraction of sp³-hybridized carbons (Fsp3) is 0.526. The lowest BCUT2D eigenvalue weighted by Gasteiger charge is -2.34. The maximum atomic E-state index is 12.5. The second kappa shape index (κ2) is 8.04. The van der Waals surface area contributed by atoms with Crippen molar-refractivity contribution in [1.29, 1.82) is 0 Å². The molecule has 3 amide bonds. The average molecular weight is 362 g/mol. The van der Waals surface area contributed by atoms with Gasteiger partial charge in [0.05, 0.1) is 10.5 Å². The molecule has 1 saturated heterocycles. The number of nitrogens with one attached hydrogen (secondary N) is 1. The second-order valence-corrected chi connectivity index (χ2v) is 7.92. The first-order valence-corrected chi connectivity index (χ1v) is 9.61. The highest BCUT2D eigenvalue weighted by atomic mass is 32.2. The topological polar surface area (TPSA) is 66.5 Å². The molecule has 6 heteroatoms. The van der Waals surface area contributed by atoms with Crippen LogP contribution in [0, 0.1) is 20.8 Å². The first kappa shape index (κ1) is 19.5. The zero-order valence-electron chi connectivity index (χ0n) is 15.5. The maximum Gasteiger partial charge on any atom is 0.244 e. The molecule has 136 valence electrons. The molecule has 1 N–H and O–H groups in total. The van der Waals surface area contributed by atoms with Crippen LogP contribution in [0.1, 0.15) is 43.4 Å². The molecule has 0 aliphatic carbocycles. The van der Waals surface area contributed by atoms with Crippen molar-refractivity contribution in [3.05, 3.63) is 28.8 Å². The van der Waals surface area contributed by atoms with Gasteiger partial charge in [0.15, 0.2) is 0 Å². The van der Waals surface area contributed by atoms with E-state index in [1.54, 1.807) is 0 Å². The van der Waals surface area contributed by atoms with Crippen LogP contribution in [-0.2, 0) is 14.4 Å². The van der Waals surface area contributed by atoms with Gasteiger partial charge in [-0.2, -0.15) is 0 Å². The summed E-state index contributed by atoms with van der Waals surface area (Å²) in [5.41, 5.74) is 3.81. The number of hydrogen-bond donors (Lipinski definition) is 1. The SMILES string of the molecule is CCC1SC(CC)C(=O)N(CC(=O)Nc2c(C)cc(C)cc2C)C1=O. The van der Waals surface area contributed by atoms with E-state index in [-0.39, 0.29) is 34.8 Å². The van der Waals surface area contributed by atoms with Crippen molar-refractivity contribution in [2.45, 2.75) is 58.0 Å². The van der Waals surface area contributed by atoms with Crippen LogP contribution in [0.15, 0.2) is 12.1 Å². The number of amides is 3. The monoisotopic (exact) mass is 362 g/mol. The minimum atomic E-state index is -0.339. The Bertz CT molecular complexity index is 657. The Balaban J connectivity index is 2.16. The van der Waals surface area contributed by atoms with Crippen LogP contribution in [0.4, 0.5) is 5.69 Å². The van der Waals surface area contributed by atoms with Crippen molar-refractivity contribution in [2.24, 2.45) is 0 Å². The molecule has 0 saturated carbocycles. The van der Waals surface area contributed by atoms with E-state index in [1.165, 1.54) is 11.8 Å². The van der Waals surface area contributed by atoms with Gasteiger partial charge in [0.1, 0.15) is 6.54 Å². The van der Waals surface area contributed by atoms with Gasteiger partial charge in [-0.3, -0.25) is 19.3 Å². The van der Waals surface area contributed by atoms with Gasteiger partial charge in [-0.05, 0) is 44.7 Å². The molecule has 0 aromatic heterocycles. The van der Waals surface area contributed by atoms with Gasteiger partial charge in [0, 0.05) is 5.69 Å². The number of anilines is 1. The summed E-state index contributed by atoms with van der Waals surface area (Å²) in [5.74, 6) is -0.849. The Hall–Kier alpha value is -1.82. The molecule has 5 nitrogen and oxygen atoms in total. The third-order valence-corrected chi connectivity index (χ3v) is 6.12. The van der Waals surface area contributed by atoms with Crippen molar-refractivity contribution in [3.8, 4) is 0 Å². The Morgan fingerprint density at radius 2 is 1.52 bits per heavy atom. The summed E-state index contributed by atoms with van der Waals surface area (Å²) < 4.78 is 0. The van der Waals surface area contributed by atoms with E-state index >= 15 is 0 Å². The largest absolute Gasteiger partial charge is 0.324 e. The first-order chi connectivity index (χ1) is 11.8. The van der Waals surface area contributed by atoms with Gasteiger partial charge in [0.2, 0.25) is 17.7 Å². The summed E-state index contributed by atoms with van der Waals surface area (Å²) in [5, 5.41) is 2.36. The number of carbonyl (C=O) groups excluding carboxylic acids is 3. The molecule has 2 atom stereocenters. The molecule has 1 aromatic rings. The van der Waals surface area contributed by atoms with Gasteiger partial charge in [-0.25, -0.2) is 0 Å². The average Bonchev–Trinajstić information content (AvgIpc) is 2.55. The smallest absolute Gasteiger partial charge is 0.244 e. The predicted octanol–water partition coefficient (Wildman–Crippen LogP) is 3.21. The van der Waals surface area contributed by atoms with Crippen LogP contribution >= 0.6 is 11.8 Å². The fourth-order valence-corrected chi connectivity index (χ4v) is 4.44. The summed E-state index contributed by atoms with van der Waals surface area (Å²) >= 11 is 1.42. The third kappa shape index (κ3) is 4.24. The standard InChI is InChI=1S/C19H26N2O3S/c1-6-14-18(23)21(19(24)15(7-2)25-14)10-16(22)20-17-12(4)8-11(3)9-13(17)5/h8-9,14-15H,6-7,10H2,1-5H3,(H,20,22). The van der Waals surface area contributed by atoms with Crippen molar-refractivity contribution >= 4 is 35.2 Å². The molecule has 1 heterocycles. The third-order valence-electron chi connectivity index (χ3n) is 4.40. The predicted molar refractivity (Wildman–Crippen MR) is 102 cm³/mol. The highest BCUT2D eigenvalue weighted by Crippen LogP contribution is 2.31. The number of benzene rings is 1. The van der Waals surface area contributed by atoms with E-state index in [0.717, 1.165) is 27.3 Å². The Morgan fingerprint density at radius 1 is 1.04 bits per heavy atom. The molecular formula is C19H26N2O3S.